The molecule has 1 saturated carbocycles. The van der Waals surface area contributed by atoms with E-state index in [2.05, 4.69) is 31.7 Å². The monoisotopic (exact) mass is 321 g/mol. The second-order valence-corrected chi connectivity index (χ2v) is 6.07. The van der Waals surface area contributed by atoms with E-state index < -0.39 is 0 Å². The SMILES string of the molecule is O=C(NCCc1c[nH]c2ccccc12)c1cnc(NC2CC2)cn1. The number of hydrogen-bond donors (Lipinski definition) is 3. The van der Waals surface area contributed by atoms with Crippen LogP contribution < -0.4 is 10.6 Å². The first-order valence-corrected chi connectivity index (χ1v) is 8.21. The van der Waals surface area contributed by atoms with E-state index in [0.29, 0.717) is 18.3 Å². The summed E-state index contributed by atoms with van der Waals surface area (Å²) < 4.78 is 0. The summed E-state index contributed by atoms with van der Waals surface area (Å²) >= 11 is 0. The molecule has 0 saturated heterocycles. The normalized spacial score (nSPS) is 13.8. The van der Waals surface area contributed by atoms with Gasteiger partial charge in [-0.15, -0.1) is 0 Å². The molecule has 1 aliphatic carbocycles. The first-order valence-electron chi connectivity index (χ1n) is 8.21. The number of fused-ring (bicyclic) bond motifs is 1. The molecule has 122 valence electrons. The second kappa shape index (κ2) is 6.31. The molecule has 0 bridgehead atoms. The molecular weight excluding hydrogens is 302 g/mol. The minimum atomic E-state index is -0.194. The van der Waals surface area contributed by atoms with Crippen molar-refractivity contribution in [3.8, 4) is 0 Å². The van der Waals surface area contributed by atoms with Crippen LogP contribution in [0.25, 0.3) is 10.9 Å². The Labute approximate surface area is 139 Å². The van der Waals surface area contributed by atoms with Crippen LogP contribution >= 0.6 is 0 Å². The highest BCUT2D eigenvalue weighted by Crippen LogP contribution is 2.23. The number of aromatic nitrogens is 3. The summed E-state index contributed by atoms with van der Waals surface area (Å²) in [6.45, 7) is 0.560. The third kappa shape index (κ3) is 3.22. The highest BCUT2D eigenvalue weighted by atomic mass is 16.1. The Hall–Kier alpha value is -2.89. The van der Waals surface area contributed by atoms with Gasteiger partial charge in [0.05, 0.1) is 12.4 Å². The van der Waals surface area contributed by atoms with Gasteiger partial charge < -0.3 is 15.6 Å². The van der Waals surface area contributed by atoms with Gasteiger partial charge in [0.25, 0.3) is 5.91 Å². The van der Waals surface area contributed by atoms with Gasteiger partial charge in [0.1, 0.15) is 11.5 Å². The Kier molecular flexibility index (Phi) is 3.86. The number of hydrogen-bond acceptors (Lipinski definition) is 4. The molecule has 0 atom stereocenters. The smallest absolute Gasteiger partial charge is 0.271 e. The van der Waals surface area contributed by atoms with Crippen LogP contribution in [0.4, 0.5) is 5.82 Å². The standard InChI is InChI=1S/C18H19N5O/c24-18(16-10-22-17(11-21-16)23-13-5-6-13)19-8-7-12-9-20-15-4-2-1-3-14(12)15/h1-4,9-11,13,20H,5-8H2,(H,19,24)(H,22,23). The topological polar surface area (TPSA) is 82.7 Å². The van der Waals surface area contributed by atoms with E-state index in [-0.39, 0.29) is 5.91 Å². The van der Waals surface area contributed by atoms with E-state index in [1.54, 1.807) is 6.20 Å². The summed E-state index contributed by atoms with van der Waals surface area (Å²) in [4.78, 5) is 23.8. The van der Waals surface area contributed by atoms with Gasteiger partial charge in [-0.3, -0.25) is 4.79 Å². The molecule has 1 aromatic carbocycles. The zero-order valence-electron chi connectivity index (χ0n) is 13.2. The van der Waals surface area contributed by atoms with Gasteiger partial charge >= 0.3 is 0 Å². The Bertz CT molecular complexity index is 851. The minimum absolute atomic E-state index is 0.194. The van der Waals surface area contributed by atoms with Gasteiger partial charge in [-0.1, -0.05) is 18.2 Å². The number of benzene rings is 1. The molecule has 2 aromatic heterocycles. The third-order valence-corrected chi connectivity index (χ3v) is 4.17. The van der Waals surface area contributed by atoms with E-state index in [9.17, 15) is 4.79 Å². The zero-order valence-corrected chi connectivity index (χ0v) is 13.2. The fourth-order valence-electron chi connectivity index (χ4n) is 2.70. The van der Waals surface area contributed by atoms with Crippen molar-refractivity contribution in [1.82, 2.24) is 20.3 Å². The Morgan fingerprint density at radius 3 is 2.88 bits per heavy atom. The zero-order chi connectivity index (χ0) is 16.4. The van der Waals surface area contributed by atoms with Crippen LogP contribution in [0, 0.1) is 0 Å². The Morgan fingerprint density at radius 2 is 2.08 bits per heavy atom. The van der Waals surface area contributed by atoms with Gasteiger partial charge in [-0.2, -0.15) is 0 Å². The number of nitrogens with zero attached hydrogens (tertiary/aromatic N) is 2. The van der Waals surface area contributed by atoms with Gasteiger partial charge in [-0.25, -0.2) is 9.97 Å². The van der Waals surface area contributed by atoms with Crippen molar-refractivity contribution in [2.24, 2.45) is 0 Å². The molecule has 3 aromatic rings. The molecule has 24 heavy (non-hydrogen) atoms. The lowest BCUT2D eigenvalue weighted by Gasteiger charge is -2.06. The fourth-order valence-corrected chi connectivity index (χ4v) is 2.70. The number of rotatable bonds is 6. The van der Waals surface area contributed by atoms with Crippen LogP contribution in [0.5, 0.6) is 0 Å². The predicted molar refractivity (Wildman–Crippen MR) is 93.0 cm³/mol. The summed E-state index contributed by atoms with van der Waals surface area (Å²) in [5, 5.41) is 7.35. The molecule has 2 heterocycles. The number of anilines is 1. The average molecular weight is 321 g/mol. The average Bonchev–Trinajstić information content (AvgIpc) is 3.34. The lowest BCUT2D eigenvalue weighted by Crippen LogP contribution is -2.26. The van der Waals surface area contributed by atoms with Crippen molar-refractivity contribution < 1.29 is 4.79 Å². The van der Waals surface area contributed by atoms with Gasteiger partial charge in [0.15, 0.2) is 0 Å². The van der Waals surface area contributed by atoms with Crippen molar-refractivity contribution in [2.75, 3.05) is 11.9 Å². The summed E-state index contributed by atoms with van der Waals surface area (Å²) in [6.07, 6.45) is 8.26. The lowest BCUT2D eigenvalue weighted by atomic mass is 10.1. The van der Waals surface area contributed by atoms with Crippen molar-refractivity contribution in [3.63, 3.8) is 0 Å². The summed E-state index contributed by atoms with van der Waals surface area (Å²) in [5.41, 5.74) is 2.65. The van der Waals surface area contributed by atoms with Crippen molar-refractivity contribution in [3.05, 3.63) is 54.1 Å². The molecule has 0 spiro atoms. The first kappa shape index (κ1) is 14.7. The van der Waals surface area contributed by atoms with Crippen LogP contribution in [0.2, 0.25) is 0 Å². The highest BCUT2D eigenvalue weighted by molar-refractivity contribution is 5.92. The highest BCUT2D eigenvalue weighted by Gasteiger charge is 2.21. The summed E-state index contributed by atoms with van der Waals surface area (Å²) in [5.74, 6) is 0.535. The molecule has 3 N–H and O–H groups in total. The molecule has 6 nitrogen and oxygen atoms in total. The number of para-hydroxylation sites is 1. The summed E-state index contributed by atoms with van der Waals surface area (Å²) in [7, 11) is 0. The van der Waals surface area contributed by atoms with Crippen LogP contribution in [-0.4, -0.2) is 33.4 Å². The largest absolute Gasteiger partial charge is 0.366 e. The fraction of sp³-hybridized carbons (Fsp3) is 0.278. The third-order valence-electron chi connectivity index (χ3n) is 4.17. The molecule has 6 heteroatoms. The lowest BCUT2D eigenvalue weighted by molar-refractivity contribution is 0.0949. The maximum Gasteiger partial charge on any atom is 0.271 e. The Balaban J connectivity index is 1.32. The van der Waals surface area contributed by atoms with Crippen molar-refractivity contribution >= 4 is 22.6 Å². The first-order chi connectivity index (χ1) is 11.8. The molecule has 0 aliphatic heterocycles. The number of nitrogens with one attached hydrogen (secondary N) is 3. The molecule has 1 amide bonds. The van der Waals surface area contributed by atoms with Crippen molar-refractivity contribution in [1.29, 1.82) is 0 Å². The maximum absolute atomic E-state index is 12.1. The predicted octanol–water partition coefficient (Wildman–Crippen LogP) is 2.50. The molecule has 0 unspecified atom stereocenters. The molecule has 1 fully saturated rings. The Morgan fingerprint density at radius 1 is 1.21 bits per heavy atom. The number of aromatic amines is 1. The van der Waals surface area contributed by atoms with E-state index >= 15 is 0 Å². The van der Waals surface area contributed by atoms with Crippen molar-refractivity contribution in [2.45, 2.75) is 25.3 Å². The van der Waals surface area contributed by atoms with Crippen LogP contribution in [0.15, 0.2) is 42.9 Å². The quantitative estimate of drug-likeness (QED) is 0.651. The minimum Gasteiger partial charge on any atom is -0.366 e. The van der Waals surface area contributed by atoms with Gasteiger partial charge in [0.2, 0.25) is 0 Å². The van der Waals surface area contributed by atoms with E-state index in [1.807, 2.05) is 24.4 Å². The van der Waals surface area contributed by atoms with Gasteiger partial charge in [0, 0.05) is 29.7 Å². The van der Waals surface area contributed by atoms with Crippen LogP contribution in [0.1, 0.15) is 28.9 Å². The molecular formula is C18H19N5O. The number of amides is 1. The van der Waals surface area contributed by atoms with E-state index in [1.165, 1.54) is 30.0 Å². The maximum atomic E-state index is 12.1. The second-order valence-electron chi connectivity index (χ2n) is 6.07. The van der Waals surface area contributed by atoms with E-state index in [0.717, 1.165) is 17.8 Å². The van der Waals surface area contributed by atoms with Crippen LogP contribution in [-0.2, 0) is 6.42 Å². The number of H-pyrrole nitrogens is 1. The molecule has 1 aliphatic rings. The van der Waals surface area contributed by atoms with E-state index in [4.69, 9.17) is 0 Å². The van der Waals surface area contributed by atoms with Gasteiger partial charge in [-0.05, 0) is 30.9 Å². The molecule has 0 radical (unpaired) electrons. The van der Waals surface area contributed by atoms with Crippen LogP contribution in [0.3, 0.4) is 0 Å². The summed E-state index contributed by atoms with van der Waals surface area (Å²) in [6, 6.07) is 8.68. The number of carbonyl (C=O) groups excluding carboxylic acids is 1. The molecule has 4 rings (SSSR count). The number of carbonyl (C=O) groups is 1.